The molecule has 1 amide bonds. The van der Waals surface area contributed by atoms with Crippen LogP contribution in [0, 0.1) is 0 Å². The van der Waals surface area contributed by atoms with Crippen LogP contribution >= 0.6 is 0 Å². The molecule has 3 aromatic carbocycles. The molecule has 0 spiro atoms. The van der Waals surface area contributed by atoms with Crippen LogP contribution in [0.4, 0.5) is 0 Å². The SMILES string of the molecule is CC(=O)NCc1cccc(-c2cccc([C@@H]3O[C@H](CN4CCCCC4)C[C@H](c4ccc(CO)cc4)O3)c2)c1. The summed E-state index contributed by atoms with van der Waals surface area (Å²) in [7, 11) is 0. The van der Waals surface area contributed by atoms with E-state index in [4.69, 9.17) is 9.47 Å². The van der Waals surface area contributed by atoms with Gasteiger partial charge in [-0.05, 0) is 65.9 Å². The van der Waals surface area contributed by atoms with Crippen LogP contribution in [0.15, 0.2) is 72.8 Å². The molecule has 0 aliphatic carbocycles. The summed E-state index contributed by atoms with van der Waals surface area (Å²) < 4.78 is 13.2. The molecule has 0 bridgehead atoms. The number of benzene rings is 3. The lowest BCUT2D eigenvalue weighted by atomic mass is 9.98. The van der Waals surface area contributed by atoms with Crippen LogP contribution in [0.1, 0.15) is 67.3 Å². The van der Waals surface area contributed by atoms with E-state index in [0.717, 1.165) is 59.4 Å². The number of aliphatic hydroxyl groups is 1. The van der Waals surface area contributed by atoms with Crippen molar-refractivity contribution in [3.63, 3.8) is 0 Å². The van der Waals surface area contributed by atoms with Crippen LogP contribution in [-0.2, 0) is 27.4 Å². The van der Waals surface area contributed by atoms with E-state index in [1.165, 1.54) is 26.2 Å². The summed E-state index contributed by atoms with van der Waals surface area (Å²) in [5.74, 6) is -0.0383. The molecule has 200 valence electrons. The third-order valence-corrected chi connectivity index (χ3v) is 7.49. The molecule has 6 heteroatoms. The summed E-state index contributed by atoms with van der Waals surface area (Å²) in [6.45, 7) is 5.25. The highest BCUT2D eigenvalue weighted by atomic mass is 16.7. The molecule has 2 N–H and O–H groups in total. The maximum Gasteiger partial charge on any atom is 0.217 e. The van der Waals surface area contributed by atoms with Crippen LogP contribution < -0.4 is 5.32 Å². The van der Waals surface area contributed by atoms with E-state index in [1.807, 2.05) is 24.3 Å². The molecule has 0 radical (unpaired) electrons. The van der Waals surface area contributed by atoms with Crippen molar-refractivity contribution in [3.8, 4) is 11.1 Å². The highest BCUT2D eigenvalue weighted by Gasteiger charge is 2.33. The predicted molar refractivity (Wildman–Crippen MR) is 148 cm³/mol. The highest BCUT2D eigenvalue weighted by molar-refractivity contribution is 5.73. The maximum absolute atomic E-state index is 11.4. The molecule has 3 atom stereocenters. The van der Waals surface area contributed by atoms with Gasteiger partial charge >= 0.3 is 0 Å². The van der Waals surface area contributed by atoms with Crippen molar-refractivity contribution in [1.29, 1.82) is 0 Å². The summed E-state index contributed by atoms with van der Waals surface area (Å²) >= 11 is 0. The van der Waals surface area contributed by atoms with Gasteiger partial charge in [0.15, 0.2) is 6.29 Å². The van der Waals surface area contributed by atoms with E-state index >= 15 is 0 Å². The molecule has 6 nitrogen and oxygen atoms in total. The number of hydrogen-bond donors (Lipinski definition) is 2. The average Bonchev–Trinajstić information content (AvgIpc) is 2.97. The Morgan fingerprint density at radius 3 is 2.37 bits per heavy atom. The quantitative estimate of drug-likeness (QED) is 0.415. The molecular formula is C32H38N2O4. The van der Waals surface area contributed by atoms with Gasteiger partial charge in [0.2, 0.25) is 5.91 Å². The Morgan fingerprint density at radius 1 is 0.895 bits per heavy atom. The number of ether oxygens (including phenoxy) is 2. The predicted octanol–water partition coefficient (Wildman–Crippen LogP) is 5.51. The summed E-state index contributed by atoms with van der Waals surface area (Å²) in [5.41, 5.74) is 6.24. The lowest BCUT2D eigenvalue weighted by Gasteiger charge is -2.39. The Balaban J connectivity index is 1.38. The first-order valence-electron chi connectivity index (χ1n) is 13.7. The number of carbonyl (C=O) groups is 1. The van der Waals surface area contributed by atoms with Gasteiger partial charge in [0.25, 0.3) is 0 Å². The minimum Gasteiger partial charge on any atom is -0.392 e. The van der Waals surface area contributed by atoms with Gasteiger partial charge in [0.05, 0.1) is 18.8 Å². The third kappa shape index (κ3) is 6.88. The molecule has 0 aromatic heterocycles. The fourth-order valence-corrected chi connectivity index (χ4v) is 5.42. The van der Waals surface area contributed by atoms with Gasteiger partial charge in [-0.2, -0.15) is 0 Å². The summed E-state index contributed by atoms with van der Waals surface area (Å²) in [4.78, 5) is 13.9. The molecule has 0 unspecified atom stereocenters. The number of nitrogens with one attached hydrogen (secondary N) is 1. The van der Waals surface area contributed by atoms with Crippen molar-refractivity contribution >= 4 is 5.91 Å². The monoisotopic (exact) mass is 514 g/mol. The molecule has 3 aromatic rings. The Hall–Kier alpha value is -3.03. The number of aliphatic hydroxyl groups excluding tert-OH is 1. The molecule has 0 saturated carbocycles. The van der Waals surface area contributed by atoms with E-state index < -0.39 is 6.29 Å². The summed E-state index contributed by atoms with van der Waals surface area (Å²) in [5, 5.41) is 12.3. The van der Waals surface area contributed by atoms with Crippen LogP contribution in [0.5, 0.6) is 0 Å². The molecule has 2 heterocycles. The van der Waals surface area contributed by atoms with E-state index in [2.05, 4.69) is 58.7 Å². The largest absolute Gasteiger partial charge is 0.392 e. The van der Waals surface area contributed by atoms with E-state index in [0.29, 0.717) is 6.54 Å². The fourth-order valence-electron chi connectivity index (χ4n) is 5.42. The van der Waals surface area contributed by atoms with Crippen molar-refractivity contribution in [2.45, 2.75) is 64.3 Å². The minimum atomic E-state index is -0.469. The van der Waals surface area contributed by atoms with Crippen LogP contribution in [0.25, 0.3) is 11.1 Å². The lowest BCUT2D eigenvalue weighted by molar-refractivity contribution is -0.253. The zero-order chi connectivity index (χ0) is 26.3. The molecule has 2 aliphatic heterocycles. The smallest absolute Gasteiger partial charge is 0.217 e. The molecule has 2 aliphatic rings. The standard InChI is InChI=1S/C32H38N2O4/c1-23(36)33-20-25-7-5-8-27(17-25)28-9-6-10-29(18-28)32-37-30(21-34-15-3-2-4-16-34)19-31(38-32)26-13-11-24(22-35)12-14-26/h5-14,17-18,30-32,35H,2-4,15-16,19-22H2,1H3,(H,33,36)/t30-,31+,32+/m0/s1. The second kappa shape index (κ2) is 12.7. The number of piperidine rings is 1. The Morgan fingerprint density at radius 2 is 1.63 bits per heavy atom. The second-order valence-corrected chi connectivity index (χ2v) is 10.4. The van der Waals surface area contributed by atoms with Crippen molar-refractivity contribution in [3.05, 3.63) is 95.1 Å². The third-order valence-electron chi connectivity index (χ3n) is 7.49. The van der Waals surface area contributed by atoms with Crippen molar-refractivity contribution in [2.75, 3.05) is 19.6 Å². The number of nitrogens with zero attached hydrogens (tertiary/aromatic N) is 1. The van der Waals surface area contributed by atoms with Gasteiger partial charge in [-0.3, -0.25) is 4.79 Å². The van der Waals surface area contributed by atoms with E-state index in [1.54, 1.807) is 0 Å². The Kier molecular flexibility index (Phi) is 8.86. The molecular weight excluding hydrogens is 476 g/mol. The first-order valence-corrected chi connectivity index (χ1v) is 13.7. The zero-order valence-electron chi connectivity index (χ0n) is 22.1. The van der Waals surface area contributed by atoms with Crippen molar-refractivity contribution in [1.82, 2.24) is 10.2 Å². The van der Waals surface area contributed by atoms with E-state index in [-0.39, 0.29) is 24.7 Å². The van der Waals surface area contributed by atoms with Gasteiger partial charge in [-0.25, -0.2) is 0 Å². The maximum atomic E-state index is 11.4. The summed E-state index contributed by atoms with van der Waals surface area (Å²) in [6, 6.07) is 24.7. The highest BCUT2D eigenvalue weighted by Crippen LogP contribution is 2.39. The lowest BCUT2D eigenvalue weighted by Crippen LogP contribution is -2.41. The Bertz CT molecular complexity index is 1210. The normalized spacial score (nSPS) is 22.2. The molecule has 2 saturated heterocycles. The number of rotatable bonds is 8. The minimum absolute atomic E-state index is 0.0356. The van der Waals surface area contributed by atoms with Crippen LogP contribution in [0.2, 0.25) is 0 Å². The van der Waals surface area contributed by atoms with Gasteiger partial charge in [0, 0.05) is 32.0 Å². The molecule has 5 rings (SSSR count). The number of carbonyl (C=O) groups excluding carboxylic acids is 1. The fraction of sp³-hybridized carbons (Fsp3) is 0.406. The molecule has 2 fully saturated rings. The van der Waals surface area contributed by atoms with Crippen LogP contribution in [0.3, 0.4) is 0 Å². The van der Waals surface area contributed by atoms with Gasteiger partial charge in [-0.15, -0.1) is 0 Å². The number of amides is 1. The van der Waals surface area contributed by atoms with Crippen molar-refractivity contribution < 1.29 is 19.4 Å². The zero-order valence-corrected chi connectivity index (χ0v) is 22.1. The Labute approximate surface area is 225 Å². The second-order valence-electron chi connectivity index (χ2n) is 10.4. The van der Waals surface area contributed by atoms with Gasteiger partial charge in [-0.1, -0.05) is 67.1 Å². The van der Waals surface area contributed by atoms with E-state index in [9.17, 15) is 9.90 Å². The average molecular weight is 515 g/mol. The van der Waals surface area contributed by atoms with Gasteiger partial charge < -0.3 is 24.8 Å². The van der Waals surface area contributed by atoms with Gasteiger partial charge in [0.1, 0.15) is 0 Å². The first-order chi connectivity index (χ1) is 18.6. The van der Waals surface area contributed by atoms with Crippen LogP contribution in [-0.4, -0.2) is 41.7 Å². The topological polar surface area (TPSA) is 71.0 Å². The number of likely N-dealkylation sites (tertiary alicyclic amines) is 1. The first kappa shape index (κ1) is 26.6. The van der Waals surface area contributed by atoms with Crippen molar-refractivity contribution in [2.24, 2.45) is 0 Å². The summed E-state index contributed by atoms with van der Waals surface area (Å²) in [6.07, 6.45) is 4.13. The number of hydrogen-bond acceptors (Lipinski definition) is 5. The molecule has 38 heavy (non-hydrogen) atoms.